The molecule has 0 unspecified atom stereocenters. The van der Waals surface area contributed by atoms with Crippen LogP contribution in [0, 0.1) is 0 Å². The highest BCUT2D eigenvalue weighted by Crippen LogP contribution is 2.36. The number of carbonyl (C=O) groups is 1. The lowest BCUT2D eigenvalue weighted by Crippen LogP contribution is -2.42. The van der Waals surface area contributed by atoms with Crippen molar-refractivity contribution in [3.8, 4) is 0 Å². The number of aryl methyl sites for hydroxylation is 2. The standard InChI is InChI=1S/C19H20N2O3S/c1-13-6-7-14-4-2-3-5-18(14)21(13)25(23,24)16-9-10-17-15(12-16)8-11-19(22)20-17/h2-5,9-10,12-13H,6-8,11H2,1H3,(H,20,22)/t13-/m1/s1. The zero-order valence-corrected chi connectivity index (χ0v) is 14.8. The fourth-order valence-electron chi connectivity index (χ4n) is 3.66. The molecule has 2 heterocycles. The van der Waals surface area contributed by atoms with Crippen LogP contribution in [0.5, 0.6) is 0 Å². The van der Waals surface area contributed by atoms with Gasteiger partial charge < -0.3 is 5.32 Å². The van der Waals surface area contributed by atoms with Gasteiger partial charge in [0.15, 0.2) is 0 Å². The van der Waals surface area contributed by atoms with Crippen LogP contribution in [0.3, 0.4) is 0 Å². The first-order chi connectivity index (χ1) is 12.0. The first-order valence-electron chi connectivity index (χ1n) is 8.52. The summed E-state index contributed by atoms with van der Waals surface area (Å²) in [5.41, 5.74) is 3.42. The quantitative estimate of drug-likeness (QED) is 0.899. The molecule has 0 aromatic heterocycles. The van der Waals surface area contributed by atoms with E-state index in [0.29, 0.717) is 18.5 Å². The lowest BCUT2D eigenvalue weighted by molar-refractivity contribution is -0.116. The lowest BCUT2D eigenvalue weighted by atomic mass is 9.99. The Hall–Kier alpha value is -2.34. The van der Waals surface area contributed by atoms with E-state index >= 15 is 0 Å². The van der Waals surface area contributed by atoms with E-state index in [0.717, 1.165) is 29.7 Å². The predicted octanol–water partition coefficient (Wildman–Crippen LogP) is 3.10. The molecule has 0 radical (unpaired) electrons. The van der Waals surface area contributed by atoms with Gasteiger partial charge in [-0.1, -0.05) is 18.2 Å². The third-order valence-electron chi connectivity index (χ3n) is 4.99. The van der Waals surface area contributed by atoms with E-state index in [4.69, 9.17) is 0 Å². The third kappa shape index (κ3) is 2.70. The van der Waals surface area contributed by atoms with E-state index in [9.17, 15) is 13.2 Å². The monoisotopic (exact) mass is 356 g/mol. The molecule has 25 heavy (non-hydrogen) atoms. The topological polar surface area (TPSA) is 66.5 Å². The molecule has 1 N–H and O–H groups in total. The summed E-state index contributed by atoms with van der Waals surface area (Å²) in [7, 11) is -3.65. The maximum Gasteiger partial charge on any atom is 0.264 e. The van der Waals surface area contributed by atoms with Crippen LogP contribution in [0.2, 0.25) is 0 Å². The zero-order chi connectivity index (χ0) is 17.6. The summed E-state index contributed by atoms with van der Waals surface area (Å²) in [5.74, 6) is -0.0262. The molecule has 2 aliphatic heterocycles. The van der Waals surface area contributed by atoms with Crippen molar-refractivity contribution in [1.29, 1.82) is 0 Å². The summed E-state index contributed by atoms with van der Waals surface area (Å²) in [6.07, 6.45) is 2.65. The van der Waals surface area contributed by atoms with Gasteiger partial charge in [0.1, 0.15) is 0 Å². The second kappa shape index (κ2) is 5.88. The molecule has 0 saturated heterocycles. The SMILES string of the molecule is C[C@@H]1CCc2ccccc2N1S(=O)(=O)c1ccc2c(c1)CCC(=O)N2. The van der Waals surface area contributed by atoms with Gasteiger partial charge in [0.25, 0.3) is 10.0 Å². The maximum atomic E-state index is 13.3. The van der Waals surface area contributed by atoms with Crippen LogP contribution < -0.4 is 9.62 Å². The summed E-state index contributed by atoms with van der Waals surface area (Å²) < 4.78 is 28.2. The maximum absolute atomic E-state index is 13.3. The number of anilines is 2. The molecule has 1 amide bonds. The van der Waals surface area contributed by atoms with Crippen molar-refractivity contribution < 1.29 is 13.2 Å². The van der Waals surface area contributed by atoms with Gasteiger partial charge in [-0.2, -0.15) is 0 Å². The van der Waals surface area contributed by atoms with Gasteiger partial charge in [-0.3, -0.25) is 9.10 Å². The minimum absolute atomic E-state index is 0.0262. The smallest absolute Gasteiger partial charge is 0.264 e. The minimum Gasteiger partial charge on any atom is -0.326 e. The van der Waals surface area contributed by atoms with Crippen LogP contribution in [-0.2, 0) is 27.7 Å². The Morgan fingerprint density at radius 1 is 1.04 bits per heavy atom. The number of amides is 1. The van der Waals surface area contributed by atoms with Crippen LogP contribution in [0.25, 0.3) is 0 Å². The summed E-state index contributed by atoms with van der Waals surface area (Å²) >= 11 is 0. The number of benzene rings is 2. The Balaban J connectivity index is 1.79. The number of nitrogens with zero attached hydrogens (tertiary/aromatic N) is 1. The van der Waals surface area contributed by atoms with Gasteiger partial charge in [0.2, 0.25) is 5.91 Å². The molecular formula is C19H20N2O3S. The molecule has 0 saturated carbocycles. The molecular weight excluding hydrogens is 336 g/mol. The van der Waals surface area contributed by atoms with Crippen molar-refractivity contribution >= 4 is 27.3 Å². The molecule has 0 spiro atoms. The van der Waals surface area contributed by atoms with E-state index in [2.05, 4.69) is 5.32 Å². The Bertz CT molecular complexity index is 953. The molecule has 2 aliphatic rings. The molecule has 2 aromatic rings. The average Bonchev–Trinajstić information content (AvgIpc) is 2.60. The van der Waals surface area contributed by atoms with Crippen molar-refractivity contribution in [1.82, 2.24) is 0 Å². The van der Waals surface area contributed by atoms with E-state index in [1.165, 1.54) is 0 Å². The molecule has 0 aliphatic carbocycles. The number of hydrogen-bond donors (Lipinski definition) is 1. The van der Waals surface area contributed by atoms with Crippen LogP contribution in [-0.4, -0.2) is 20.4 Å². The molecule has 0 bridgehead atoms. The fourth-order valence-corrected chi connectivity index (χ4v) is 5.43. The second-order valence-electron chi connectivity index (χ2n) is 6.68. The van der Waals surface area contributed by atoms with Gasteiger partial charge in [0.05, 0.1) is 10.6 Å². The molecule has 4 rings (SSSR count). The van der Waals surface area contributed by atoms with E-state index < -0.39 is 10.0 Å². The number of hydrogen-bond acceptors (Lipinski definition) is 3. The van der Waals surface area contributed by atoms with Crippen LogP contribution >= 0.6 is 0 Å². The number of rotatable bonds is 2. The summed E-state index contributed by atoms with van der Waals surface area (Å²) in [6, 6.07) is 12.6. The summed E-state index contributed by atoms with van der Waals surface area (Å²) in [5, 5.41) is 2.80. The molecule has 130 valence electrons. The lowest BCUT2D eigenvalue weighted by Gasteiger charge is -2.36. The van der Waals surface area contributed by atoms with Gasteiger partial charge in [0, 0.05) is 18.2 Å². The van der Waals surface area contributed by atoms with Crippen LogP contribution in [0.4, 0.5) is 11.4 Å². The predicted molar refractivity (Wildman–Crippen MR) is 97.3 cm³/mol. The van der Waals surface area contributed by atoms with Crippen molar-refractivity contribution in [3.05, 3.63) is 53.6 Å². The fraction of sp³-hybridized carbons (Fsp3) is 0.316. The second-order valence-corrected chi connectivity index (χ2v) is 8.50. The Labute approximate surface area is 147 Å². The number of fused-ring (bicyclic) bond motifs is 2. The van der Waals surface area contributed by atoms with Crippen LogP contribution in [0.1, 0.15) is 30.9 Å². The normalized spacial score (nSPS) is 19.8. The van der Waals surface area contributed by atoms with Gasteiger partial charge in [-0.15, -0.1) is 0 Å². The largest absolute Gasteiger partial charge is 0.326 e. The molecule has 2 aromatic carbocycles. The molecule has 1 atom stereocenters. The minimum atomic E-state index is -3.65. The van der Waals surface area contributed by atoms with E-state index in [1.54, 1.807) is 22.5 Å². The Kier molecular flexibility index (Phi) is 3.80. The highest BCUT2D eigenvalue weighted by atomic mass is 32.2. The number of carbonyl (C=O) groups excluding carboxylic acids is 1. The van der Waals surface area contributed by atoms with Crippen molar-refractivity contribution in [3.63, 3.8) is 0 Å². The van der Waals surface area contributed by atoms with Crippen LogP contribution in [0.15, 0.2) is 47.4 Å². The number of nitrogens with one attached hydrogen (secondary N) is 1. The number of sulfonamides is 1. The molecule has 0 fully saturated rings. The van der Waals surface area contributed by atoms with Crippen molar-refractivity contribution in [2.75, 3.05) is 9.62 Å². The average molecular weight is 356 g/mol. The number of para-hydroxylation sites is 1. The highest BCUT2D eigenvalue weighted by molar-refractivity contribution is 7.92. The highest BCUT2D eigenvalue weighted by Gasteiger charge is 2.34. The Morgan fingerprint density at radius 2 is 1.84 bits per heavy atom. The first kappa shape index (κ1) is 16.1. The molecule has 6 heteroatoms. The summed E-state index contributed by atoms with van der Waals surface area (Å²) in [4.78, 5) is 11.8. The van der Waals surface area contributed by atoms with E-state index in [-0.39, 0.29) is 16.8 Å². The molecule has 5 nitrogen and oxygen atoms in total. The van der Waals surface area contributed by atoms with Gasteiger partial charge in [-0.25, -0.2) is 8.42 Å². The zero-order valence-electron chi connectivity index (χ0n) is 14.0. The third-order valence-corrected chi connectivity index (χ3v) is 6.91. The first-order valence-corrected chi connectivity index (χ1v) is 9.96. The van der Waals surface area contributed by atoms with Crippen molar-refractivity contribution in [2.45, 2.75) is 43.5 Å². The van der Waals surface area contributed by atoms with Crippen molar-refractivity contribution in [2.24, 2.45) is 0 Å². The van der Waals surface area contributed by atoms with E-state index in [1.807, 2.05) is 31.2 Å². The van der Waals surface area contributed by atoms with Gasteiger partial charge >= 0.3 is 0 Å². The summed E-state index contributed by atoms with van der Waals surface area (Å²) in [6.45, 7) is 1.95. The van der Waals surface area contributed by atoms with Gasteiger partial charge in [-0.05, 0) is 61.6 Å². The Morgan fingerprint density at radius 3 is 2.68 bits per heavy atom.